The van der Waals surface area contributed by atoms with Crippen LogP contribution in [0.4, 0.5) is 11.5 Å². The molecule has 3 N–H and O–H groups in total. The predicted octanol–water partition coefficient (Wildman–Crippen LogP) is 1.81. The summed E-state index contributed by atoms with van der Waals surface area (Å²) in [7, 11) is 0. The van der Waals surface area contributed by atoms with Crippen LogP contribution >= 0.6 is 0 Å². The SMILES string of the molecule is Cc1cnc(NCCOCC2CC2)cc1N. The molecule has 0 saturated heterocycles. The second kappa shape index (κ2) is 5.16. The van der Waals surface area contributed by atoms with Crippen molar-refractivity contribution in [3.8, 4) is 0 Å². The minimum Gasteiger partial charge on any atom is -0.398 e. The summed E-state index contributed by atoms with van der Waals surface area (Å²) in [5, 5.41) is 3.19. The zero-order valence-corrected chi connectivity index (χ0v) is 9.70. The van der Waals surface area contributed by atoms with E-state index in [1.165, 1.54) is 12.8 Å². The molecule has 1 saturated carbocycles. The van der Waals surface area contributed by atoms with Crippen LogP contribution in [-0.4, -0.2) is 24.7 Å². The van der Waals surface area contributed by atoms with Crippen molar-refractivity contribution in [1.82, 2.24) is 4.98 Å². The number of anilines is 2. The van der Waals surface area contributed by atoms with Gasteiger partial charge in [0.15, 0.2) is 0 Å². The van der Waals surface area contributed by atoms with Crippen molar-refractivity contribution in [3.05, 3.63) is 17.8 Å². The molecular weight excluding hydrogens is 202 g/mol. The lowest BCUT2D eigenvalue weighted by molar-refractivity contribution is 0.134. The van der Waals surface area contributed by atoms with Gasteiger partial charge in [-0.1, -0.05) is 0 Å². The Labute approximate surface area is 96.2 Å². The molecule has 16 heavy (non-hydrogen) atoms. The largest absolute Gasteiger partial charge is 0.398 e. The first-order valence-corrected chi connectivity index (χ1v) is 5.79. The lowest BCUT2D eigenvalue weighted by atomic mass is 10.2. The summed E-state index contributed by atoms with van der Waals surface area (Å²) in [6.45, 7) is 4.37. The number of hydrogen-bond donors (Lipinski definition) is 2. The number of pyridine rings is 1. The monoisotopic (exact) mass is 221 g/mol. The maximum atomic E-state index is 5.79. The zero-order chi connectivity index (χ0) is 11.4. The van der Waals surface area contributed by atoms with Crippen molar-refractivity contribution in [3.63, 3.8) is 0 Å². The van der Waals surface area contributed by atoms with E-state index in [-0.39, 0.29) is 0 Å². The molecule has 4 nitrogen and oxygen atoms in total. The highest BCUT2D eigenvalue weighted by Crippen LogP contribution is 2.28. The standard InChI is InChI=1S/C12H19N3O/c1-9-7-15-12(6-11(9)13)14-4-5-16-8-10-2-3-10/h6-7,10H,2-5,8H2,1H3,(H3,13,14,15). The number of aryl methyl sites for hydroxylation is 1. The van der Waals surface area contributed by atoms with E-state index < -0.39 is 0 Å². The third kappa shape index (κ3) is 3.38. The van der Waals surface area contributed by atoms with Gasteiger partial charge in [-0.3, -0.25) is 0 Å². The smallest absolute Gasteiger partial charge is 0.128 e. The lowest BCUT2D eigenvalue weighted by Crippen LogP contribution is -2.11. The van der Waals surface area contributed by atoms with Crippen LogP contribution < -0.4 is 11.1 Å². The minimum atomic E-state index is 0.728. The molecule has 0 amide bonds. The normalized spacial score (nSPS) is 15.1. The third-order valence-corrected chi connectivity index (χ3v) is 2.75. The molecule has 1 aliphatic rings. The van der Waals surface area contributed by atoms with Crippen LogP contribution in [0.25, 0.3) is 0 Å². The van der Waals surface area contributed by atoms with E-state index in [0.717, 1.165) is 42.7 Å². The van der Waals surface area contributed by atoms with E-state index in [1.807, 2.05) is 13.0 Å². The second-order valence-corrected chi connectivity index (χ2v) is 4.37. The quantitative estimate of drug-likeness (QED) is 0.719. The average molecular weight is 221 g/mol. The van der Waals surface area contributed by atoms with Gasteiger partial charge in [-0.2, -0.15) is 0 Å². The van der Waals surface area contributed by atoms with Gasteiger partial charge in [0.2, 0.25) is 0 Å². The lowest BCUT2D eigenvalue weighted by Gasteiger charge is -2.07. The number of nitrogens with zero attached hydrogens (tertiary/aromatic N) is 1. The van der Waals surface area contributed by atoms with Crippen molar-refractivity contribution < 1.29 is 4.74 Å². The molecule has 0 aromatic carbocycles. The maximum absolute atomic E-state index is 5.79. The van der Waals surface area contributed by atoms with Crippen molar-refractivity contribution in [2.45, 2.75) is 19.8 Å². The molecule has 2 rings (SSSR count). The van der Waals surface area contributed by atoms with Crippen molar-refractivity contribution in [2.75, 3.05) is 30.8 Å². The van der Waals surface area contributed by atoms with Gasteiger partial charge in [0.05, 0.1) is 6.61 Å². The molecule has 88 valence electrons. The number of hydrogen-bond acceptors (Lipinski definition) is 4. The number of nitrogens with one attached hydrogen (secondary N) is 1. The molecule has 0 aliphatic heterocycles. The maximum Gasteiger partial charge on any atom is 0.128 e. The van der Waals surface area contributed by atoms with E-state index >= 15 is 0 Å². The molecule has 0 unspecified atom stereocenters. The number of nitrogen functional groups attached to an aromatic ring is 1. The summed E-state index contributed by atoms with van der Waals surface area (Å²) in [6, 6.07) is 1.86. The zero-order valence-electron chi connectivity index (χ0n) is 9.70. The number of nitrogens with two attached hydrogens (primary N) is 1. The fourth-order valence-corrected chi connectivity index (χ4v) is 1.42. The van der Waals surface area contributed by atoms with Crippen LogP contribution in [0.5, 0.6) is 0 Å². The van der Waals surface area contributed by atoms with Gasteiger partial charge in [0.25, 0.3) is 0 Å². The number of ether oxygens (including phenoxy) is 1. The van der Waals surface area contributed by atoms with Crippen LogP contribution in [0.1, 0.15) is 18.4 Å². The van der Waals surface area contributed by atoms with Gasteiger partial charge in [-0.25, -0.2) is 4.98 Å². The average Bonchev–Trinajstić information content (AvgIpc) is 3.07. The van der Waals surface area contributed by atoms with Gasteiger partial charge >= 0.3 is 0 Å². The molecule has 0 spiro atoms. The molecule has 1 heterocycles. The predicted molar refractivity (Wildman–Crippen MR) is 65.4 cm³/mol. The van der Waals surface area contributed by atoms with Gasteiger partial charge in [0.1, 0.15) is 5.82 Å². The van der Waals surface area contributed by atoms with E-state index in [2.05, 4.69) is 10.3 Å². The molecular formula is C12H19N3O. The van der Waals surface area contributed by atoms with E-state index in [4.69, 9.17) is 10.5 Å². The highest BCUT2D eigenvalue weighted by Gasteiger charge is 2.20. The van der Waals surface area contributed by atoms with Crippen LogP contribution in [0.3, 0.4) is 0 Å². The summed E-state index contributed by atoms with van der Waals surface area (Å²) in [5.74, 6) is 1.64. The second-order valence-electron chi connectivity index (χ2n) is 4.37. The van der Waals surface area contributed by atoms with Crippen molar-refractivity contribution in [1.29, 1.82) is 0 Å². The Morgan fingerprint density at radius 2 is 2.38 bits per heavy atom. The molecule has 0 atom stereocenters. The Morgan fingerprint density at radius 1 is 1.56 bits per heavy atom. The van der Waals surface area contributed by atoms with Gasteiger partial charge < -0.3 is 15.8 Å². The summed E-state index contributed by atoms with van der Waals surface area (Å²) in [4.78, 5) is 4.24. The Hall–Kier alpha value is -1.29. The molecule has 1 aromatic rings. The molecule has 1 aromatic heterocycles. The molecule has 4 heteroatoms. The van der Waals surface area contributed by atoms with Crippen LogP contribution in [0.15, 0.2) is 12.3 Å². The Morgan fingerprint density at radius 3 is 3.06 bits per heavy atom. The summed E-state index contributed by atoms with van der Waals surface area (Å²) < 4.78 is 5.51. The van der Waals surface area contributed by atoms with E-state index in [1.54, 1.807) is 6.20 Å². The topological polar surface area (TPSA) is 60.2 Å². The fourth-order valence-electron chi connectivity index (χ4n) is 1.42. The fraction of sp³-hybridized carbons (Fsp3) is 0.583. The van der Waals surface area contributed by atoms with Crippen LogP contribution in [-0.2, 0) is 4.74 Å². The summed E-state index contributed by atoms with van der Waals surface area (Å²) in [5.41, 5.74) is 7.57. The van der Waals surface area contributed by atoms with Gasteiger partial charge in [-0.15, -0.1) is 0 Å². The molecule has 0 bridgehead atoms. The Balaban J connectivity index is 1.65. The molecule has 1 aliphatic carbocycles. The van der Waals surface area contributed by atoms with Crippen molar-refractivity contribution in [2.24, 2.45) is 5.92 Å². The first-order valence-electron chi connectivity index (χ1n) is 5.79. The Kier molecular flexibility index (Phi) is 3.62. The number of rotatable bonds is 6. The third-order valence-electron chi connectivity index (χ3n) is 2.75. The van der Waals surface area contributed by atoms with E-state index in [0.29, 0.717) is 0 Å². The molecule has 1 fully saturated rings. The summed E-state index contributed by atoms with van der Waals surface area (Å²) in [6.07, 6.45) is 4.45. The highest BCUT2D eigenvalue weighted by atomic mass is 16.5. The minimum absolute atomic E-state index is 0.728. The molecule has 0 radical (unpaired) electrons. The van der Waals surface area contributed by atoms with Gasteiger partial charge in [0, 0.05) is 31.1 Å². The van der Waals surface area contributed by atoms with Crippen LogP contribution in [0, 0.1) is 12.8 Å². The van der Waals surface area contributed by atoms with E-state index in [9.17, 15) is 0 Å². The highest BCUT2D eigenvalue weighted by molar-refractivity contribution is 5.53. The van der Waals surface area contributed by atoms with Gasteiger partial charge in [-0.05, 0) is 31.2 Å². The first-order chi connectivity index (χ1) is 7.75. The van der Waals surface area contributed by atoms with Crippen LogP contribution in [0.2, 0.25) is 0 Å². The number of aromatic nitrogens is 1. The summed E-state index contributed by atoms with van der Waals surface area (Å²) >= 11 is 0. The van der Waals surface area contributed by atoms with Crippen molar-refractivity contribution >= 4 is 11.5 Å². The Bertz CT molecular complexity index is 350. The first kappa shape index (κ1) is 11.2.